The van der Waals surface area contributed by atoms with Crippen molar-refractivity contribution in [2.24, 2.45) is 0 Å². The summed E-state index contributed by atoms with van der Waals surface area (Å²) >= 11 is 5.59. The Balaban J connectivity index is 1.92. The van der Waals surface area contributed by atoms with Gasteiger partial charge in [-0.1, -0.05) is 17.7 Å². The monoisotopic (exact) mass is 487 g/mol. The van der Waals surface area contributed by atoms with Crippen molar-refractivity contribution in [3.05, 3.63) is 52.5 Å². The second-order valence-corrected chi connectivity index (χ2v) is 7.65. The minimum Gasteiger partial charge on any atom is -0.493 e. The highest BCUT2D eigenvalue weighted by Crippen LogP contribution is 2.36. The Morgan fingerprint density at radius 2 is 1.76 bits per heavy atom. The molecular formula is C22H25ClF3N3O4. The van der Waals surface area contributed by atoms with Gasteiger partial charge in [-0.2, -0.15) is 13.2 Å². The van der Waals surface area contributed by atoms with Gasteiger partial charge in [-0.05, 0) is 49.9 Å². The fourth-order valence-electron chi connectivity index (χ4n) is 2.91. The molecule has 2 N–H and O–H groups in total. The highest BCUT2D eigenvalue weighted by atomic mass is 35.5. The number of benzene rings is 2. The van der Waals surface area contributed by atoms with Gasteiger partial charge in [-0.15, -0.1) is 0 Å². The van der Waals surface area contributed by atoms with Crippen LogP contribution in [0.25, 0.3) is 0 Å². The van der Waals surface area contributed by atoms with E-state index in [1.807, 2.05) is 0 Å². The number of halogens is 4. The van der Waals surface area contributed by atoms with Crippen LogP contribution in [0.15, 0.2) is 36.4 Å². The van der Waals surface area contributed by atoms with E-state index in [0.29, 0.717) is 11.5 Å². The predicted octanol–water partition coefficient (Wildman–Crippen LogP) is 3.95. The number of hydrogen-bond donors (Lipinski definition) is 2. The van der Waals surface area contributed by atoms with E-state index in [1.54, 1.807) is 32.2 Å². The number of hydrogen-bond acceptors (Lipinski definition) is 5. The maximum absolute atomic E-state index is 13.0. The van der Waals surface area contributed by atoms with Crippen LogP contribution >= 0.6 is 11.6 Å². The zero-order chi connectivity index (χ0) is 24.8. The number of carbonyl (C=O) groups excluding carboxylic acids is 2. The van der Waals surface area contributed by atoms with E-state index in [0.717, 1.165) is 17.7 Å². The summed E-state index contributed by atoms with van der Waals surface area (Å²) in [6.45, 7) is 1.63. The van der Waals surface area contributed by atoms with Crippen LogP contribution in [0.3, 0.4) is 0 Å². The second kappa shape index (κ2) is 11.2. The van der Waals surface area contributed by atoms with Gasteiger partial charge in [-0.25, -0.2) is 0 Å². The Labute approximate surface area is 194 Å². The minimum atomic E-state index is -4.64. The fourth-order valence-corrected chi connectivity index (χ4v) is 3.14. The Morgan fingerprint density at radius 1 is 1.09 bits per heavy atom. The van der Waals surface area contributed by atoms with E-state index in [4.69, 9.17) is 21.1 Å². The average molecular weight is 488 g/mol. The lowest BCUT2D eigenvalue weighted by Crippen LogP contribution is -2.45. The van der Waals surface area contributed by atoms with Crippen LogP contribution in [-0.4, -0.2) is 50.6 Å². The molecule has 0 spiro atoms. The standard InChI is InChI=1S/C22H25ClF3N3O4/c1-13(21(31)27-11-14-5-8-18(32-3)19(9-14)33-4)29(2)12-20(30)28-15-6-7-17(23)16(10-15)22(24,25)26/h5-10,13H,11-12H2,1-4H3,(H,27,31)(H,28,30). The van der Waals surface area contributed by atoms with Crippen LogP contribution < -0.4 is 20.1 Å². The first-order valence-corrected chi connectivity index (χ1v) is 10.2. The smallest absolute Gasteiger partial charge is 0.417 e. The molecule has 0 aliphatic heterocycles. The number of rotatable bonds is 9. The average Bonchev–Trinajstić information content (AvgIpc) is 2.76. The fraction of sp³-hybridized carbons (Fsp3) is 0.364. The Bertz CT molecular complexity index is 1000. The molecule has 2 rings (SSSR count). The summed E-state index contributed by atoms with van der Waals surface area (Å²) in [6, 6.07) is 7.67. The van der Waals surface area contributed by atoms with Crippen molar-refractivity contribution in [2.75, 3.05) is 33.1 Å². The van der Waals surface area contributed by atoms with E-state index < -0.39 is 28.7 Å². The number of methoxy groups -OCH3 is 2. The van der Waals surface area contributed by atoms with Gasteiger partial charge in [0, 0.05) is 12.2 Å². The molecule has 1 atom stereocenters. The molecule has 180 valence electrons. The number of anilines is 1. The topological polar surface area (TPSA) is 79.9 Å². The van der Waals surface area contributed by atoms with E-state index in [9.17, 15) is 22.8 Å². The molecule has 0 saturated heterocycles. The van der Waals surface area contributed by atoms with Gasteiger partial charge < -0.3 is 20.1 Å². The van der Waals surface area contributed by atoms with Crippen LogP contribution in [0.5, 0.6) is 11.5 Å². The zero-order valence-corrected chi connectivity index (χ0v) is 19.3. The summed E-state index contributed by atoms with van der Waals surface area (Å²) < 4.78 is 49.4. The molecule has 0 aromatic heterocycles. The van der Waals surface area contributed by atoms with Gasteiger partial charge >= 0.3 is 6.18 Å². The third-order valence-electron chi connectivity index (χ3n) is 4.90. The van der Waals surface area contributed by atoms with Gasteiger partial charge in [0.1, 0.15) is 0 Å². The first-order valence-electron chi connectivity index (χ1n) is 9.81. The zero-order valence-electron chi connectivity index (χ0n) is 18.5. The highest BCUT2D eigenvalue weighted by molar-refractivity contribution is 6.31. The van der Waals surface area contributed by atoms with Crippen molar-refractivity contribution in [3.63, 3.8) is 0 Å². The first-order chi connectivity index (χ1) is 15.5. The molecule has 0 aliphatic rings. The van der Waals surface area contributed by atoms with Gasteiger partial charge in [0.25, 0.3) is 0 Å². The Hall–Kier alpha value is -2.98. The number of alkyl halides is 3. The molecule has 0 aliphatic carbocycles. The van der Waals surface area contributed by atoms with Crippen LogP contribution in [0.2, 0.25) is 5.02 Å². The SMILES string of the molecule is COc1ccc(CNC(=O)C(C)N(C)CC(=O)Nc2ccc(Cl)c(C(F)(F)F)c2)cc1OC. The van der Waals surface area contributed by atoms with Crippen molar-refractivity contribution in [3.8, 4) is 11.5 Å². The molecule has 0 fully saturated rings. The van der Waals surface area contributed by atoms with Gasteiger partial charge in [0.2, 0.25) is 11.8 Å². The van der Waals surface area contributed by atoms with Gasteiger partial charge in [0.05, 0.1) is 37.4 Å². The molecule has 0 saturated carbocycles. The minimum absolute atomic E-state index is 0.0457. The molecule has 7 nitrogen and oxygen atoms in total. The summed E-state index contributed by atoms with van der Waals surface area (Å²) in [4.78, 5) is 26.2. The molecule has 2 aromatic carbocycles. The largest absolute Gasteiger partial charge is 0.493 e. The maximum Gasteiger partial charge on any atom is 0.417 e. The quantitative estimate of drug-likeness (QED) is 0.560. The van der Waals surface area contributed by atoms with Crippen LogP contribution in [-0.2, 0) is 22.3 Å². The van der Waals surface area contributed by atoms with E-state index in [-0.39, 0.29) is 24.7 Å². The number of amides is 2. The lowest BCUT2D eigenvalue weighted by molar-refractivity contribution is -0.137. The molecule has 0 bridgehead atoms. The number of nitrogens with zero attached hydrogens (tertiary/aromatic N) is 1. The normalized spacial score (nSPS) is 12.3. The van der Waals surface area contributed by atoms with Crippen molar-refractivity contribution < 1.29 is 32.2 Å². The van der Waals surface area contributed by atoms with E-state index in [1.165, 1.54) is 25.2 Å². The molecule has 0 heterocycles. The predicted molar refractivity (Wildman–Crippen MR) is 119 cm³/mol. The van der Waals surface area contributed by atoms with Gasteiger partial charge in [-0.3, -0.25) is 14.5 Å². The maximum atomic E-state index is 13.0. The number of carbonyl (C=O) groups is 2. The molecular weight excluding hydrogens is 463 g/mol. The molecule has 2 aromatic rings. The number of likely N-dealkylation sites (N-methyl/N-ethyl adjacent to an activating group) is 1. The summed E-state index contributed by atoms with van der Waals surface area (Å²) in [7, 11) is 4.59. The number of ether oxygens (including phenoxy) is 2. The molecule has 1 unspecified atom stereocenters. The lowest BCUT2D eigenvalue weighted by Gasteiger charge is -2.23. The summed E-state index contributed by atoms with van der Waals surface area (Å²) in [5, 5.41) is 4.70. The van der Waals surface area contributed by atoms with E-state index in [2.05, 4.69) is 10.6 Å². The molecule has 0 radical (unpaired) electrons. The Morgan fingerprint density at radius 3 is 2.36 bits per heavy atom. The molecule has 2 amide bonds. The van der Waals surface area contributed by atoms with Crippen molar-refractivity contribution in [1.29, 1.82) is 0 Å². The number of nitrogens with one attached hydrogen (secondary N) is 2. The van der Waals surface area contributed by atoms with Crippen LogP contribution in [0.1, 0.15) is 18.1 Å². The first kappa shape index (κ1) is 26.3. The summed E-state index contributed by atoms with van der Waals surface area (Å²) in [5.41, 5.74) is -0.300. The van der Waals surface area contributed by atoms with Crippen LogP contribution in [0.4, 0.5) is 18.9 Å². The van der Waals surface area contributed by atoms with Crippen molar-refractivity contribution in [2.45, 2.75) is 25.7 Å². The lowest BCUT2D eigenvalue weighted by atomic mass is 10.2. The summed E-state index contributed by atoms with van der Waals surface area (Å²) in [6.07, 6.45) is -4.64. The van der Waals surface area contributed by atoms with Crippen LogP contribution in [0, 0.1) is 0 Å². The third-order valence-corrected chi connectivity index (χ3v) is 5.23. The second-order valence-electron chi connectivity index (χ2n) is 7.24. The molecule has 11 heteroatoms. The molecule has 33 heavy (non-hydrogen) atoms. The van der Waals surface area contributed by atoms with Crippen molar-refractivity contribution >= 4 is 29.1 Å². The third kappa shape index (κ3) is 7.26. The van der Waals surface area contributed by atoms with Gasteiger partial charge in [0.15, 0.2) is 11.5 Å². The highest BCUT2D eigenvalue weighted by Gasteiger charge is 2.33. The Kier molecular flexibility index (Phi) is 8.95. The van der Waals surface area contributed by atoms with Crippen molar-refractivity contribution in [1.82, 2.24) is 10.2 Å². The van der Waals surface area contributed by atoms with E-state index >= 15 is 0 Å². The summed E-state index contributed by atoms with van der Waals surface area (Å²) in [5.74, 6) is 0.190.